The molecule has 0 saturated heterocycles. The number of nitrogens with two attached hydrogens (primary N) is 1. The second-order valence-electron chi connectivity index (χ2n) is 2.36. The van der Waals surface area contributed by atoms with E-state index in [1.54, 1.807) is 17.5 Å². The summed E-state index contributed by atoms with van der Waals surface area (Å²) >= 11 is 1.55. The normalized spacial score (nSPS) is 10.6. The number of rotatable bonds is 0. The predicted molar refractivity (Wildman–Crippen MR) is 46.6 cm³/mol. The molecule has 2 aromatic heterocycles. The second-order valence-corrected chi connectivity index (χ2v) is 3.45. The lowest BCUT2D eigenvalue weighted by atomic mass is 10.3. The summed E-state index contributed by atoms with van der Waals surface area (Å²) in [5.41, 5.74) is 6.57. The molecule has 11 heavy (non-hydrogen) atoms. The Morgan fingerprint density at radius 3 is 3.09 bits per heavy atom. The van der Waals surface area contributed by atoms with Crippen LogP contribution in [-0.4, -0.2) is 10.2 Å². The van der Waals surface area contributed by atoms with E-state index in [2.05, 4.69) is 10.2 Å². The van der Waals surface area contributed by atoms with Crippen molar-refractivity contribution >= 4 is 26.4 Å². The molecule has 0 atom stereocenters. The van der Waals surface area contributed by atoms with Crippen molar-refractivity contribution in [2.75, 3.05) is 5.73 Å². The van der Waals surface area contributed by atoms with Gasteiger partial charge in [-0.15, -0.1) is 11.3 Å². The third-order valence-corrected chi connectivity index (χ3v) is 2.60. The van der Waals surface area contributed by atoms with E-state index in [-0.39, 0.29) is 0 Å². The molecule has 2 rings (SSSR count). The van der Waals surface area contributed by atoms with E-state index >= 15 is 0 Å². The van der Waals surface area contributed by atoms with Crippen molar-refractivity contribution < 1.29 is 0 Å². The van der Waals surface area contributed by atoms with Crippen LogP contribution in [-0.2, 0) is 0 Å². The molecular formula is C7H7N3S. The predicted octanol–water partition coefficient (Wildman–Crippen LogP) is 1.58. The molecule has 0 aliphatic heterocycles. The van der Waals surface area contributed by atoms with Gasteiger partial charge in [0.2, 0.25) is 0 Å². The molecule has 0 saturated carbocycles. The van der Waals surface area contributed by atoms with Crippen LogP contribution in [0.3, 0.4) is 0 Å². The Hall–Kier alpha value is -1.16. The lowest BCUT2D eigenvalue weighted by molar-refractivity contribution is 1.01. The number of anilines is 1. The number of hydrogen-bond acceptors (Lipinski definition) is 4. The van der Waals surface area contributed by atoms with Gasteiger partial charge in [-0.3, -0.25) is 0 Å². The number of thiophene rings is 1. The Labute approximate surface area is 67.9 Å². The highest BCUT2D eigenvalue weighted by Crippen LogP contribution is 2.27. The maximum Gasteiger partial charge on any atom is 0.0870 e. The van der Waals surface area contributed by atoms with Crippen LogP contribution in [0.2, 0.25) is 0 Å². The fourth-order valence-electron chi connectivity index (χ4n) is 1.03. The Kier molecular flexibility index (Phi) is 1.29. The number of nitrogens with zero attached hydrogens (tertiary/aromatic N) is 2. The molecule has 0 radical (unpaired) electrons. The molecule has 2 aromatic rings. The zero-order valence-corrected chi connectivity index (χ0v) is 6.85. The summed E-state index contributed by atoms with van der Waals surface area (Å²) in [6.07, 6.45) is 1.73. The zero-order chi connectivity index (χ0) is 7.84. The molecule has 0 spiro atoms. The molecule has 0 aliphatic carbocycles. The molecule has 0 fully saturated rings. The van der Waals surface area contributed by atoms with Gasteiger partial charge in [0.1, 0.15) is 0 Å². The van der Waals surface area contributed by atoms with Crippen LogP contribution in [0.25, 0.3) is 10.1 Å². The molecule has 2 N–H and O–H groups in total. The highest BCUT2D eigenvalue weighted by atomic mass is 32.1. The largest absolute Gasteiger partial charge is 0.391 e. The summed E-state index contributed by atoms with van der Waals surface area (Å²) < 4.78 is 1.14. The van der Waals surface area contributed by atoms with Crippen molar-refractivity contribution in [1.29, 1.82) is 0 Å². The maximum atomic E-state index is 5.62. The van der Waals surface area contributed by atoms with E-state index in [1.165, 1.54) is 0 Å². The summed E-state index contributed by atoms with van der Waals surface area (Å²) in [7, 11) is 0. The van der Waals surface area contributed by atoms with E-state index in [0.717, 1.165) is 20.8 Å². The van der Waals surface area contributed by atoms with Crippen LogP contribution in [0.15, 0.2) is 12.3 Å². The molecular weight excluding hydrogens is 158 g/mol. The van der Waals surface area contributed by atoms with Crippen LogP contribution >= 0.6 is 11.3 Å². The van der Waals surface area contributed by atoms with E-state index in [0.29, 0.717) is 0 Å². The van der Waals surface area contributed by atoms with Crippen molar-refractivity contribution in [1.82, 2.24) is 10.2 Å². The van der Waals surface area contributed by atoms with Gasteiger partial charge in [-0.25, -0.2) is 0 Å². The van der Waals surface area contributed by atoms with Crippen molar-refractivity contribution in [3.8, 4) is 0 Å². The SMILES string of the molecule is Cc1nncc2cc(N)sc12. The van der Waals surface area contributed by atoms with Gasteiger partial charge in [-0.05, 0) is 13.0 Å². The van der Waals surface area contributed by atoms with Crippen LogP contribution in [0, 0.1) is 6.92 Å². The Balaban J connectivity index is 2.90. The van der Waals surface area contributed by atoms with Gasteiger partial charge in [0.15, 0.2) is 0 Å². The van der Waals surface area contributed by atoms with Crippen molar-refractivity contribution in [2.24, 2.45) is 0 Å². The summed E-state index contributed by atoms with van der Waals surface area (Å²) in [6.45, 7) is 1.94. The molecule has 0 amide bonds. The second kappa shape index (κ2) is 2.17. The van der Waals surface area contributed by atoms with Crippen molar-refractivity contribution in [3.05, 3.63) is 18.0 Å². The van der Waals surface area contributed by atoms with Crippen molar-refractivity contribution in [2.45, 2.75) is 6.92 Å². The van der Waals surface area contributed by atoms with Crippen LogP contribution < -0.4 is 5.73 Å². The summed E-state index contributed by atoms with van der Waals surface area (Å²) in [6, 6.07) is 1.92. The minimum Gasteiger partial charge on any atom is -0.391 e. The average Bonchev–Trinajstić information content (AvgIpc) is 2.31. The molecule has 0 bridgehead atoms. The van der Waals surface area contributed by atoms with Gasteiger partial charge >= 0.3 is 0 Å². The number of aromatic nitrogens is 2. The first kappa shape index (κ1) is 6.54. The van der Waals surface area contributed by atoms with E-state index in [9.17, 15) is 0 Å². The summed E-state index contributed by atoms with van der Waals surface area (Å²) in [5.74, 6) is 0. The van der Waals surface area contributed by atoms with E-state index in [4.69, 9.17) is 5.73 Å². The Bertz CT molecular complexity index is 393. The average molecular weight is 165 g/mol. The number of hydrogen-bond donors (Lipinski definition) is 1. The van der Waals surface area contributed by atoms with Crippen LogP contribution in [0.1, 0.15) is 5.69 Å². The molecule has 4 heteroatoms. The highest BCUT2D eigenvalue weighted by molar-refractivity contribution is 7.22. The molecule has 0 aliphatic rings. The Morgan fingerprint density at radius 1 is 1.55 bits per heavy atom. The first-order valence-corrected chi connectivity index (χ1v) is 4.06. The topological polar surface area (TPSA) is 51.8 Å². The van der Waals surface area contributed by atoms with Gasteiger partial charge < -0.3 is 5.73 Å². The fourth-order valence-corrected chi connectivity index (χ4v) is 1.87. The summed E-state index contributed by atoms with van der Waals surface area (Å²) in [5, 5.41) is 9.65. The monoisotopic (exact) mass is 165 g/mol. The van der Waals surface area contributed by atoms with Gasteiger partial charge in [-0.1, -0.05) is 0 Å². The third kappa shape index (κ3) is 0.952. The molecule has 56 valence electrons. The molecule has 3 nitrogen and oxygen atoms in total. The lowest BCUT2D eigenvalue weighted by Gasteiger charge is -1.89. The van der Waals surface area contributed by atoms with Crippen molar-refractivity contribution in [3.63, 3.8) is 0 Å². The molecule has 0 unspecified atom stereocenters. The van der Waals surface area contributed by atoms with Gasteiger partial charge in [0.05, 0.1) is 21.6 Å². The first-order valence-electron chi connectivity index (χ1n) is 3.24. The number of nitrogen functional groups attached to an aromatic ring is 1. The fraction of sp³-hybridized carbons (Fsp3) is 0.143. The van der Waals surface area contributed by atoms with Gasteiger partial charge in [0, 0.05) is 5.39 Å². The smallest absolute Gasteiger partial charge is 0.0870 e. The minimum atomic E-state index is 0.818. The number of aryl methyl sites for hydroxylation is 1. The van der Waals surface area contributed by atoms with Gasteiger partial charge in [-0.2, -0.15) is 10.2 Å². The molecule has 2 heterocycles. The first-order chi connectivity index (χ1) is 5.27. The van der Waals surface area contributed by atoms with Crippen LogP contribution in [0.4, 0.5) is 5.00 Å². The zero-order valence-electron chi connectivity index (χ0n) is 6.03. The van der Waals surface area contributed by atoms with Gasteiger partial charge in [0.25, 0.3) is 0 Å². The quantitative estimate of drug-likeness (QED) is 0.644. The summed E-state index contributed by atoms with van der Waals surface area (Å²) in [4.78, 5) is 0. The third-order valence-electron chi connectivity index (χ3n) is 1.51. The van der Waals surface area contributed by atoms with E-state index in [1.807, 2.05) is 13.0 Å². The lowest BCUT2D eigenvalue weighted by Crippen LogP contribution is -1.82. The van der Waals surface area contributed by atoms with Crippen LogP contribution in [0.5, 0.6) is 0 Å². The Morgan fingerprint density at radius 2 is 2.36 bits per heavy atom. The maximum absolute atomic E-state index is 5.62. The minimum absolute atomic E-state index is 0.818. The number of fused-ring (bicyclic) bond motifs is 1. The standard InChI is InChI=1S/C7H7N3S/c1-4-7-5(3-9-10-4)2-6(8)11-7/h2-3H,8H2,1H3. The van der Waals surface area contributed by atoms with E-state index < -0.39 is 0 Å². The highest BCUT2D eigenvalue weighted by Gasteiger charge is 2.01. The molecule has 0 aromatic carbocycles.